The van der Waals surface area contributed by atoms with Crippen LogP contribution in [0.1, 0.15) is 19.4 Å². The molecule has 0 saturated heterocycles. The first-order valence-electron chi connectivity index (χ1n) is 6.95. The zero-order valence-corrected chi connectivity index (χ0v) is 12.1. The van der Waals surface area contributed by atoms with Crippen LogP contribution in [0.5, 0.6) is 0 Å². The molecule has 1 amide bonds. The minimum Gasteiger partial charge on any atom is -0.395 e. The summed E-state index contributed by atoms with van der Waals surface area (Å²) in [7, 11) is 0. The molecule has 4 nitrogen and oxygen atoms in total. The summed E-state index contributed by atoms with van der Waals surface area (Å²) < 4.78 is 12.7. The van der Waals surface area contributed by atoms with Crippen LogP contribution in [0.4, 0.5) is 4.39 Å². The molecule has 0 radical (unpaired) electrons. The van der Waals surface area contributed by atoms with Gasteiger partial charge in [-0.3, -0.25) is 9.69 Å². The van der Waals surface area contributed by atoms with E-state index >= 15 is 0 Å². The monoisotopic (exact) mass is 282 g/mol. The Hall–Kier alpha value is -1.46. The molecule has 0 bridgehead atoms. The van der Waals surface area contributed by atoms with Gasteiger partial charge >= 0.3 is 0 Å². The number of nitrogens with one attached hydrogen (secondary N) is 1. The molecule has 0 heterocycles. The van der Waals surface area contributed by atoms with Gasteiger partial charge in [0.1, 0.15) is 5.82 Å². The third-order valence-corrected chi connectivity index (χ3v) is 3.35. The van der Waals surface area contributed by atoms with Crippen LogP contribution < -0.4 is 5.32 Å². The summed E-state index contributed by atoms with van der Waals surface area (Å²) in [5, 5.41) is 11.8. The topological polar surface area (TPSA) is 52.6 Å². The number of aliphatic hydroxyl groups excluding tert-OH is 1. The van der Waals surface area contributed by atoms with Crippen LogP contribution in [0.3, 0.4) is 0 Å². The van der Waals surface area contributed by atoms with E-state index in [0.29, 0.717) is 26.1 Å². The minimum atomic E-state index is -0.264. The largest absolute Gasteiger partial charge is 0.395 e. The van der Waals surface area contributed by atoms with Crippen molar-refractivity contribution in [3.63, 3.8) is 0 Å². The van der Waals surface area contributed by atoms with E-state index in [1.807, 2.05) is 18.7 Å². The molecule has 1 atom stereocenters. The predicted octanol–water partition coefficient (Wildman–Crippen LogP) is 1.19. The van der Waals surface area contributed by atoms with Gasteiger partial charge in [0.05, 0.1) is 12.6 Å². The van der Waals surface area contributed by atoms with E-state index in [1.165, 1.54) is 12.1 Å². The van der Waals surface area contributed by atoms with E-state index in [1.54, 1.807) is 12.1 Å². The molecule has 2 N–H and O–H groups in total. The number of amides is 1. The van der Waals surface area contributed by atoms with E-state index in [-0.39, 0.29) is 24.4 Å². The van der Waals surface area contributed by atoms with Gasteiger partial charge in [0.15, 0.2) is 0 Å². The molecule has 112 valence electrons. The summed E-state index contributed by atoms with van der Waals surface area (Å²) >= 11 is 0. The van der Waals surface area contributed by atoms with Gasteiger partial charge in [0, 0.05) is 13.1 Å². The quantitative estimate of drug-likeness (QED) is 0.753. The lowest BCUT2D eigenvalue weighted by molar-refractivity contribution is -0.125. The molecule has 0 fully saturated rings. The van der Waals surface area contributed by atoms with Crippen molar-refractivity contribution in [1.82, 2.24) is 10.2 Å². The smallest absolute Gasteiger partial charge is 0.237 e. The van der Waals surface area contributed by atoms with E-state index in [4.69, 9.17) is 5.11 Å². The Morgan fingerprint density at radius 1 is 1.40 bits per heavy atom. The fourth-order valence-corrected chi connectivity index (χ4v) is 2.05. The van der Waals surface area contributed by atoms with Crippen LogP contribution in [0.2, 0.25) is 0 Å². The molecular formula is C15H23FN2O2. The highest BCUT2D eigenvalue weighted by Crippen LogP contribution is 2.03. The van der Waals surface area contributed by atoms with Crippen LogP contribution in [-0.4, -0.2) is 48.2 Å². The maximum absolute atomic E-state index is 12.7. The Morgan fingerprint density at radius 2 is 2.05 bits per heavy atom. The number of benzene rings is 1. The minimum absolute atomic E-state index is 0.0427. The molecular weight excluding hydrogens is 259 g/mol. The summed E-state index contributed by atoms with van der Waals surface area (Å²) in [6.07, 6.45) is 0.671. The lowest BCUT2D eigenvalue weighted by atomic mass is 10.1. The van der Waals surface area contributed by atoms with Gasteiger partial charge in [-0.1, -0.05) is 19.1 Å². The van der Waals surface area contributed by atoms with Crippen molar-refractivity contribution in [2.45, 2.75) is 26.3 Å². The van der Waals surface area contributed by atoms with Crippen molar-refractivity contribution in [1.29, 1.82) is 0 Å². The van der Waals surface area contributed by atoms with Crippen LogP contribution in [-0.2, 0) is 11.2 Å². The summed E-state index contributed by atoms with van der Waals surface area (Å²) in [5.41, 5.74) is 0.988. The summed E-state index contributed by atoms with van der Waals surface area (Å²) in [6, 6.07) is 6.00. The van der Waals surface area contributed by atoms with Gasteiger partial charge in [-0.2, -0.15) is 0 Å². The van der Waals surface area contributed by atoms with E-state index in [0.717, 1.165) is 5.56 Å². The predicted molar refractivity (Wildman–Crippen MR) is 76.9 cm³/mol. The summed E-state index contributed by atoms with van der Waals surface area (Å²) in [5.74, 6) is -0.309. The normalized spacial score (nSPS) is 12.4. The van der Waals surface area contributed by atoms with Crippen molar-refractivity contribution >= 4 is 5.91 Å². The number of halogens is 1. The molecule has 1 aromatic carbocycles. The Labute approximate surface area is 119 Å². The van der Waals surface area contributed by atoms with Crippen molar-refractivity contribution < 1.29 is 14.3 Å². The van der Waals surface area contributed by atoms with Crippen molar-refractivity contribution in [3.05, 3.63) is 35.6 Å². The Bertz CT molecular complexity index is 409. The molecule has 5 heteroatoms. The number of likely N-dealkylation sites (N-methyl/N-ethyl adjacent to an activating group) is 1. The Balaban J connectivity index is 2.36. The molecule has 1 aromatic rings. The second-order valence-corrected chi connectivity index (χ2v) is 4.70. The highest BCUT2D eigenvalue weighted by Gasteiger charge is 2.18. The van der Waals surface area contributed by atoms with Gasteiger partial charge in [0.2, 0.25) is 5.91 Å². The number of hydrogen-bond donors (Lipinski definition) is 2. The molecule has 0 spiro atoms. The summed E-state index contributed by atoms with van der Waals surface area (Å²) in [6.45, 7) is 5.55. The molecule has 0 aromatic heterocycles. The number of aliphatic hydroxyl groups is 1. The van der Waals surface area contributed by atoms with E-state index in [9.17, 15) is 9.18 Å². The fraction of sp³-hybridized carbons (Fsp3) is 0.533. The van der Waals surface area contributed by atoms with Gasteiger partial charge in [0.25, 0.3) is 0 Å². The maximum atomic E-state index is 12.7. The lowest BCUT2D eigenvalue weighted by Crippen LogP contribution is -2.46. The average molecular weight is 282 g/mol. The van der Waals surface area contributed by atoms with Gasteiger partial charge < -0.3 is 10.4 Å². The molecule has 1 unspecified atom stereocenters. The van der Waals surface area contributed by atoms with Crippen LogP contribution in [0.25, 0.3) is 0 Å². The Morgan fingerprint density at radius 3 is 2.60 bits per heavy atom. The highest BCUT2D eigenvalue weighted by atomic mass is 19.1. The second-order valence-electron chi connectivity index (χ2n) is 4.70. The van der Waals surface area contributed by atoms with Crippen molar-refractivity contribution in [2.24, 2.45) is 0 Å². The molecule has 0 aliphatic carbocycles. The SMILES string of the molecule is CCN(CCO)C(C)C(=O)NCCc1ccc(F)cc1. The number of carbonyl (C=O) groups is 1. The number of nitrogens with zero attached hydrogens (tertiary/aromatic N) is 1. The molecule has 20 heavy (non-hydrogen) atoms. The van der Waals surface area contributed by atoms with Gasteiger partial charge in [-0.05, 0) is 37.6 Å². The van der Waals surface area contributed by atoms with Crippen LogP contribution >= 0.6 is 0 Å². The lowest BCUT2D eigenvalue weighted by Gasteiger charge is -2.26. The molecule has 0 aliphatic rings. The van der Waals surface area contributed by atoms with Gasteiger partial charge in [-0.25, -0.2) is 4.39 Å². The van der Waals surface area contributed by atoms with E-state index in [2.05, 4.69) is 5.32 Å². The standard InChI is InChI=1S/C15H23FN2O2/c1-3-18(10-11-19)12(2)15(20)17-9-8-13-4-6-14(16)7-5-13/h4-7,12,19H,3,8-11H2,1-2H3,(H,17,20). The van der Waals surface area contributed by atoms with Crippen molar-refractivity contribution in [3.8, 4) is 0 Å². The average Bonchev–Trinajstić information content (AvgIpc) is 2.46. The van der Waals surface area contributed by atoms with Crippen molar-refractivity contribution in [2.75, 3.05) is 26.2 Å². The second kappa shape index (κ2) is 8.66. The first-order valence-corrected chi connectivity index (χ1v) is 6.95. The molecule has 1 rings (SSSR count). The zero-order chi connectivity index (χ0) is 15.0. The maximum Gasteiger partial charge on any atom is 0.237 e. The third kappa shape index (κ3) is 5.27. The first kappa shape index (κ1) is 16.6. The number of rotatable bonds is 8. The zero-order valence-electron chi connectivity index (χ0n) is 12.1. The number of hydrogen-bond acceptors (Lipinski definition) is 3. The van der Waals surface area contributed by atoms with Gasteiger partial charge in [-0.15, -0.1) is 0 Å². The first-order chi connectivity index (χ1) is 9.58. The van der Waals surface area contributed by atoms with Crippen LogP contribution in [0.15, 0.2) is 24.3 Å². The Kier molecular flexibility index (Phi) is 7.18. The summed E-state index contributed by atoms with van der Waals surface area (Å²) in [4.78, 5) is 13.9. The molecule has 0 saturated carbocycles. The fourth-order valence-electron chi connectivity index (χ4n) is 2.05. The van der Waals surface area contributed by atoms with E-state index < -0.39 is 0 Å². The molecule has 0 aliphatic heterocycles. The number of carbonyl (C=O) groups excluding carboxylic acids is 1. The van der Waals surface area contributed by atoms with Crippen LogP contribution in [0, 0.1) is 5.82 Å². The highest BCUT2D eigenvalue weighted by molar-refractivity contribution is 5.81. The third-order valence-electron chi connectivity index (χ3n) is 3.35.